The summed E-state index contributed by atoms with van der Waals surface area (Å²) < 4.78 is 0. The van der Waals surface area contributed by atoms with E-state index in [2.05, 4.69) is 34.6 Å². The van der Waals surface area contributed by atoms with Gasteiger partial charge in [0.05, 0.1) is 24.6 Å². The fraction of sp³-hybridized carbons (Fsp3) is 1.00. The SMILES string of the molecule is CCCCN.CCCC[P+](CCCC)(CCCC)CCCC. The highest BCUT2D eigenvalue weighted by atomic mass is 31.2. The minimum Gasteiger partial charge on any atom is -0.330 e. The van der Waals surface area contributed by atoms with E-state index in [1.54, 1.807) is 24.6 Å². The topological polar surface area (TPSA) is 26.0 Å². The molecule has 0 aliphatic heterocycles. The summed E-state index contributed by atoms with van der Waals surface area (Å²) in [5.41, 5.74) is 5.14. The summed E-state index contributed by atoms with van der Waals surface area (Å²) in [7, 11) is -0.562. The quantitative estimate of drug-likeness (QED) is 0.342. The maximum atomic E-state index is 5.14. The monoisotopic (exact) mass is 332 g/mol. The molecule has 0 aliphatic carbocycles. The summed E-state index contributed by atoms with van der Waals surface area (Å²) in [6, 6.07) is 0. The predicted molar refractivity (Wildman–Crippen MR) is 110 cm³/mol. The molecule has 0 radical (unpaired) electrons. The lowest BCUT2D eigenvalue weighted by atomic mass is 10.3. The van der Waals surface area contributed by atoms with Crippen LogP contribution in [-0.4, -0.2) is 31.2 Å². The molecule has 0 rings (SSSR count). The van der Waals surface area contributed by atoms with Crippen LogP contribution in [0.3, 0.4) is 0 Å². The summed E-state index contributed by atoms with van der Waals surface area (Å²) in [4.78, 5) is 0. The van der Waals surface area contributed by atoms with Crippen LogP contribution >= 0.6 is 7.26 Å². The first-order chi connectivity index (χ1) is 10.7. The average molecular weight is 333 g/mol. The molecular weight excluding hydrogens is 285 g/mol. The van der Waals surface area contributed by atoms with E-state index in [1.165, 1.54) is 64.2 Å². The van der Waals surface area contributed by atoms with Gasteiger partial charge in [-0.15, -0.1) is 0 Å². The van der Waals surface area contributed by atoms with Crippen LogP contribution in [0.4, 0.5) is 0 Å². The summed E-state index contributed by atoms with van der Waals surface area (Å²) in [6.45, 7) is 12.4. The van der Waals surface area contributed by atoms with Gasteiger partial charge in [-0.25, -0.2) is 0 Å². The molecular formula is C20H47NP+. The smallest absolute Gasteiger partial charge is 0.0594 e. The number of hydrogen-bond donors (Lipinski definition) is 1. The van der Waals surface area contributed by atoms with Gasteiger partial charge in [0.15, 0.2) is 0 Å². The summed E-state index contributed by atoms with van der Waals surface area (Å²) >= 11 is 0. The number of rotatable bonds is 14. The van der Waals surface area contributed by atoms with Crippen LogP contribution in [0.1, 0.15) is 98.8 Å². The molecule has 0 aliphatic rings. The fourth-order valence-corrected chi connectivity index (χ4v) is 8.14. The van der Waals surface area contributed by atoms with Crippen LogP contribution < -0.4 is 5.73 Å². The van der Waals surface area contributed by atoms with E-state index in [4.69, 9.17) is 5.73 Å². The van der Waals surface area contributed by atoms with Crippen molar-refractivity contribution in [1.82, 2.24) is 0 Å². The highest BCUT2D eigenvalue weighted by molar-refractivity contribution is 7.75. The Balaban J connectivity index is 0. The Morgan fingerprint density at radius 1 is 0.500 bits per heavy atom. The van der Waals surface area contributed by atoms with E-state index in [0.717, 1.165) is 6.54 Å². The highest BCUT2D eigenvalue weighted by Gasteiger charge is 2.34. The van der Waals surface area contributed by atoms with Gasteiger partial charge in [-0.3, -0.25) is 0 Å². The van der Waals surface area contributed by atoms with Crippen molar-refractivity contribution in [3.05, 3.63) is 0 Å². The zero-order valence-electron chi connectivity index (χ0n) is 16.6. The van der Waals surface area contributed by atoms with Gasteiger partial charge in [0, 0.05) is 7.26 Å². The molecule has 0 saturated heterocycles. The van der Waals surface area contributed by atoms with Crippen molar-refractivity contribution in [3.8, 4) is 0 Å². The molecule has 0 aromatic heterocycles. The van der Waals surface area contributed by atoms with Gasteiger partial charge in [0.2, 0.25) is 0 Å². The zero-order chi connectivity index (χ0) is 17.1. The van der Waals surface area contributed by atoms with Gasteiger partial charge in [-0.2, -0.15) is 0 Å². The summed E-state index contributed by atoms with van der Waals surface area (Å²) in [5.74, 6) is 0. The second-order valence-electron chi connectivity index (χ2n) is 6.79. The number of unbranched alkanes of at least 4 members (excludes halogenated alkanes) is 5. The molecule has 1 nitrogen and oxygen atoms in total. The predicted octanol–water partition coefficient (Wildman–Crippen LogP) is 6.95. The summed E-state index contributed by atoms with van der Waals surface area (Å²) in [6.07, 6.45) is 20.3. The molecule has 136 valence electrons. The third-order valence-electron chi connectivity index (χ3n) is 4.50. The molecule has 0 fully saturated rings. The number of hydrogen-bond acceptors (Lipinski definition) is 1. The normalized spacial score (nSPS) is 11.2. The summed E-state index contributed by atoms with van der Waals surface area (Å²) in [5, 5.41) is 0. The van der Waals surface area contributed by atoms with E-state index >= 15 is 0 Å². The average Bonchev–Trinajstić information content (AvgIpc) is 2.55. The molecule has 0 aromatic rings. The van der Waals surface area contributed by atoms with Crippen molar-refractivity contribution >= 4 is 7.26 Å². The van der Waals surface area contributed by atoms with Gasteiger partial charge < -0.3 is 5.73 Å². The Kier molecular flexibility index (Phi) is 21.8. The second kappa shape index (κ2) is 19.4. The van der Waals surface area contributed by atoms with Crippen molar-refractivity contribution in [2.45, 2.75) is 98.8 Å². The van der Waals surface area contributed by atoms with Gasteiger partial charge in [0.25, 0.3) is 0 Å². The van der Waals surface area contributed by atoms with E-state index in [1.807, 2.05) is 0 Å². The van der Waals surface area contributed by atoms with Crippen molar-refractivity contribution in [1.29, 1.82) is 0 Å². The van der Waals surface area contributed by atoms with Crippen LogP contribution in [0.2, 0.25) is 0 Å². The first-order valence-corrected chi connectivity index (χ1v) is 12.7. The van der Waals surface area contributed by atoms with Crippen molar-refractivity contribution in [3.63, 3.8) is 0 Å². The maximum Gasteiger partial charge on any atom is 0.0594 e. The van der Waals surface area contributed by atoms with E-state index < -0.39 is 7.26 Å². The molecule has 0 heterocycles. The Hall–Kier alpha value is 0.390. The molecule has 2 N–H and O–H groups in total. The lowest BCUT2D eigenvalue weighted by molar-refractivity contribution is 0.807. The number of nitrogens with two attached hydrogens (primary N) is 1. The van der Waals surface area contributed by atoms with Gasteiger partial charge >= 0.3 is 0 Å². The Bertz CT molecular complexity index is 155. The van der Waals surface area contributed by atoms with Crippen LogP contribution in [0.15, 0.2) is 0 Å². The Morgan fingerprint density at radius 2 is 0.773 bits per heavy atom. The van der Waals surface area contributed by atoms with Crippen molar-refractivity contribution in [2.24, 2.45) is 5.73 Å². The molecule has 0 saturated carbocycles. The first kappa shape index (κ1) is 24.6. The van der Waals surface area contributed by atoms with Crippen LogP contribution in [0.25, 0.3) is 0 Å². The van der Waals surface area contributed by atoms with Crippen LogP contribution in [0.5, 0.6) is 0 Å². The lowest BCUT2D eigenvalue weighted by Gasteiger charge is -2.28. The van der Waals surface area contributed by atoms with E-state index in [-0.39, 0.29) is 0 Å². The Morgan fingerprint density at radius 3 is 0.909 bits per heavy atom. The van der Waals surface area contributed by atoms with E-state index in [0.29, 0.717) is 0 Å². The molecule has 0 bridgehead atoms. The highest BCUT2D eigenvalue weighted by Crippen LogP contribution is 2.61. The van der Waals surface area contributed by atoms with Crippen LogP contribution in [-0.2, 0) is 0 Å². The maximum absolute atomic E-state index is 5.14. The minimum atomic E-state index is -0.562. The molecule has 0 amide bonds. The largest absolute Gasteiger partial charge is 0.330 e. The molecule has 0 unspecified atom stereocenters. The van der Waals surface area contributed by atoms with Crippen molar-refractivity contribution < 1.29 is 0 Å². The lowest BCUT2D eigenvalue weighted by Crippen LogP contribution is -2.12. The fourth-order valence-electron chi connectivity index (χ4n) is 2.85. The molecule has 0 spiro atoms. The molecule has 0 aromatic carbocycles. The van der Waals surface area contributed by atoms with Gasteiger partial charge in [-0.05, 0) is 38.6 Å². The third-order valence-corrected chi connectivity index (χ3v) is 9.56. The minimum absolute atomic E-state index is 0.562. The Labute approximate surface area is 143 Å². The standard InChI is InChI=1S/C16H36P.C4H11N/c1-5-9-13-17(14-10-6-2,15-11-7-3)16-12-8-4;1-2-3-4-5/h5-16H2,1-4H3;2-5H2,1H3/q+1;. The second-order valence-corrected chi connectivity index (χ2v) is 11.3. The first-order valence-electron chi connectivity index (χ1n) is 10.2. The van der Waals surface area contributed by atoms with Crippen molar-refractivity contribution in [2.75, 3.05) is 31.2 Å². The molecule has 0 atom stereocenters. The molecule has 22 heavy (non-hydrogen) atoms. The third kappa shape index (κ3) is 15.3. The van der Waals surface area contributed by atoms with E-state index in [9.17, 15) is 0 Å². The molecule has 2 heteroatoms. The van der Waals surface area contributed by atoms with Crippen LogP contribution in [0, 0.1) is 0 Å². The zero-order valence-corrected chi connectivity index (χ0v) is 17.5. The van der Waals surface area contributed by atoms with Gasteiger partial charge in [-0.1, -0.05) is 66.7 Å². The van der Waals surface area contributed by atoms with Gasteiger partial charge in [0.1, 0.15) is 0 Å².